The smallest absolute Gasteiger partial charge is 0.165 e. The van der Waals surface area contributed by atoms with Crippen LogP contribution in [0.25, 0.3) is 11.2 Å². The molecule has 0 amide bonds. The van der Waals surface area contributed by atoms with Crippen LogP contribution in [-0.4, -0.2) is 19.5 Å². The molecule has 1 aromatic carbocycles. The number of rotatable bonds is 1. The molecule has 2 bridgehead atoms. The Morgan fingerprint density at radius 1 is 1.14 bits per heavy atom. The minimum Gasteiger partial charge on any atom is -0.382 e. The molecule has 104 valence electrons. The molecule has 0 aliphatic carbocycles. The molecule has 1 fully saturated rings. The second kappa shape index (κ2) is 3.79. The number of hydrogen-bond donors (Lipinski definition) is 2. The van der Waals surface area contributed by atoms with Gasteiger partial charge in [-0.25, -0.2) is 15.0 Å². The zero-order valence-corrected chi connectivity index (χ0v) is 11.3. The lowest BCUT2D eigenvalue weighted by Crippen LogP contribution is -2.18. The lowest BCUT2D eigenvalue weighted by molar-refractivity contribution is 0.450. The van der Waals surface area contributed by atoms with Crippen molar-refractivity contribution in [3.05, 3.63) is 48.0 Å². The molecule has 0 unspecified atom stereocenters. The quantitative estimate of drug-likeness (QED) is 0.708. The van der Waals surface area contributed by atoms with Gasteiger partial charge in [-0.3, -0.25) is 0 Å². The van der Waals surface area contributed by atoms with Gasteiger partial charge in [0.1, 0.15) is 11.8 Å². The Bertz CT molecular complexity index is 854. The molecule has 3 aromatic rings. The number of nitrogens with zero attached hydrogens (tertiary/aromatic N) is 4. The highest BCUT2D eigenvalue weighted by Crippen LogP contribution is 2.51. The molecule has 0 radical (unpaired) electrons. The van der Waals surface area contributed by atoms with Gasteiger partial charge in [-0.2, -0.15) is 0 Å². The number of hydrogen-bond acceptors (Lipinski definition) is 5. The van der Waals surface area contributed by atoms with Crippen molar-refractivity contribution < 1.29 is 0 Å². The maximum Gasteiger partial charge on any atom is 0.165 e. The van der Waals surface area contributed by atoms with Crippen molar-refractivity contribution >= 4 is 17.0 Å². The highest BCUT2D eigenvalue weighted by Gasteiger charge is 2.44. The monoisotopic (exact) mass is 278 g/mol. The molecule has 21 heavy (non-hydrogen) atoms. The van der Waals surface area contributed by atoms with Gasteiger partial charge in [0.15, 0.2) is 11.5 Å². The molecule has 0 spiro atoms. The van der Waals surface area contributed by atoms with Crippen LogP contribution in [0.15, 0.2) is 36.9 Å². The molecule has 4 heterocycles. The van der Waals surface area contributed by atoms with Crippen LogP contribution in [0.1, 0.15) is 35.7 Å². The van der Waals surface area contributed by atoms with E-state index in [0.29, 0.717) is 29.5 Å². The first-order valence-electron chi connectivity index (χ1n) is 7.11. The van der Waals surface area contributed by atoms with E-state index < -0.39 is 0 Å². The number of nitrogens with two attached hydrogens (primary N) is 1. The van der Waals surface area contributed by atoms with Crippen LogP contribution in [0, 0.1) is 0 Å². The second-order valence-corrected chi connectivity index (χ2v) is 5.71. The van der Waals surface area contributed by atoms with Gasteiger partial charge in [-0.1, -0.05) is 24.3 Å². The van der Waals surface area contributed by atoms with Crippen molar-refractivity contribution in [1.82, 2.24) is 24.8 Å². The van der Waals surface area contributed by atoms with Crippen LogP contribution in [-0.2, 0) is 0 Å². The molecular weight excluding hydrogens is 264 g/mol. The largest absolute Gasteiger partial charge is 0.382 e. The molecule has 2 aromatic heterocycles. The minimum atomic E-state index is 0.319. The van der Waals surface area contributed by atoms with Crippen LogP contribution < -0.4 is 11.1 Å². The number of nitrogen functional groups attached to an aromatic ring is 1. The fourth-order valence-electron chi connectivity index (χ4n) is 3.79. The Kier molecular flexibility index (Phi) is 2.03. The number of fused-ring (bicyclic) bond motifs is 6. The SMILES string of the molecule is Nc1ncnc2c1ncn2[C@H]1C[C@H]2N[C@@H]1c1ccccc12. The molecule has 0 saturated carbocycles. The predicted octanol–water partition coefficient (Wildman–Crippen LogP) is 1.74. The molecule has 3 atom stereocenters. The van der Waals surface area contributed by atoms with Gasteiger partial charge in [0.05, 0.1) is 18.4 Å². The van der Waals surface area contributed by atoms with Gasteiger partial charge in [-0.15, -0.1) is 0 Å². The summed E-state index contributed by atoms with van der Waals surface area (Å²) in [7, 11) is 0. The van der Waals surface area contributed by atoms with E-state index in [1.165, 1.54) is 17.5 Å². The first-order chi connectivity index (χ1) is 10.3. The van der Waals surface area contributed by atoms with E-state index >= 15 is 0 Å². The highest BCUT2D eigenvalue weighted by molar-refractivity contribution is 5.81. The molecule has 3 N–H and O–H groups in total. The van der Waals surface area contributed by atoms with Gasteiger partial charge in [0.25, 0.3) is 0 Å². The predicted molar refractivity (Wildman–Crippen MR) is 78.4 cm³/mol. The summed E-state index contributed by atoms with van der Waals surface area (Å²) >= 11 is 0. The first kappa shape index (κ1) is 11.2. The topological polar surface area (TPSA) is 81.7 Å². The first-order valence-corrected chi connectivity index (χ1v) is 7.11. The third-order valence-electron chi connectivity index (χ3n) is 4.69. The van der Waals surface area contributed by atoms with E-state index in [-0.39, 0.29) is 0 Å². The fourth-order valence-corrected chi connectivity index (χ4v) is 3.79. The normalized spacial score (nSPS) is 26.4. The average molecular weight is 278 g/mol. The van der Waals surface area contributed by atoms with Crippen LogP contribution in [0.5, 0.6) is 0 Å². The summed E-state index contributed by atoms with van der Waals surface area (Å²) < 4.78 is 2.14. The Hall–Kier alpha value is -2.47. The Labute approximate surface area is 121 Å². The van der Waals surface area contributed by atoms with Crippen LogP contribution >= 0.6 is 0 Å². The van der Waals surface area contributed by atoms with Gasteiger partial charge >= 0.3 is 0 Å². The minimum absolute atomic E-state index is 0.319. The maximum absolute atomic E-state index is 5.88. The van der Waals surface area contributed by atoms with Crippen molar-refractivity contribution in [3.8, 4) is 0 Å². The Morgan fingerprint density at radius 2 is 2.00 bits per heavy atom. The molecule has 6 nitrogen and oxygen atoms in total. The number of anilines is 1. The van der Waals surface area contributed by atoms with Gasteiger partial charge in [-0.05, 0) is 17.5 Å². The number of benzene rings is 1. The van der Waals surface area contributed by atoms with Crippen LogP contribution in [0.3, 0.4) is 0 Å². The van der Waals surface area contributed by atoms with Crippen LogP contribution in [0.2, 0.25) is 0 Å². The van der Waals surface area contributed by atoms with Crippen molar-refractivity contribution in [3.63, 3.8) is 0 Å². The third-order valence-corrected chi connectivity index (χ3v) is 4.69. The van der Waals surface area contributed by atoms with Gasteiger partial charge < -0.3 is 15.6 Å². The molecular formula is C15H14N6. The summed E-state index contributed by atoms with van der Waals surface area (Å²) in [6.07, 6.45) is 4.40. The van der Waals surface area contributed by atoms with Crippen molar-refractivity contribution in [2.75, 3.05) is 5.73 Å². The van der Waals surface area contributed by atoms with Gasteiger partial charge in [0, 0.05) is 6.04 Å². The van der Waals surface area contributed by atoms with Gasteiger partial charge in [0.2, 0.25) is 0 Å². The summed E-state index contributed by atoms with van der Waals surface area (Å²) in [6, 6.07) is 9.70. The Balaban J connectivity index is 1.65. The molecule has 5 rings (SSSR count). The Morgan fingerprint density at radius 3 is 2.90 bits per heavy atom. The second-order valence-electron chi connectivity index (χ2n) is 5.71. The zero-order chi connectivity index (χ0) is 14.0. The summed E-state index contributed by atoms with van der Waals surface area (Å²) in [5.74, 6) is 0.440. The standard InChI is InChI=1S/C15H14N6/c16-14-13-15(18-6-17-14)21(7-19-13)11-5-10-8-3-1-2-4-9(8)12(11)20-10/h1-4,6-7,10-12,20H,5H2,(H2,16,17,18)/t10-,11+,12-/m1/s1. The lowest BCUT2D eigenvalue weighted by Gasteiger charge is -2.24. The third kappa shape index (κ3) is 1.37. The molecule has 2 aliphatic rings. The average Bonchev–Trinajstić information content (AvgIpc) is 3.20. The van der Waals surface area contributed by atoms with Crippen LogP contribution in [0.4, 0.5) is 5.82 Å². The number of aromatic nitrogens is 4. The summed E-state index contributed by atoms with van der Waals surface area (Å²) in [5.41, 5.74) is 10.2. The summed E-state index contributed by atoms with van der Waals surface area (Å²) in [5, 5.41) is 3.69. The summed E-state index contributed by atoms with van der Waals surface area (Å²) in [6.45, 7) is 0. The van der Waals surface area contributed by atoms with E-state index in [1.54, 1.807) is 0 Å². The van der Waals surface area contributed by atoms with E-state index in [1.807, 2.05) is 6.33 Å². The fraction of sp³-hybridized carbons (Fsp3) is 0.267. The highest BCUT2D eigenvalue weighted by atomic mass is 15.2. The van der Waals surface area contributed by atoms with Crippen molar-refractivity contribution in [2.45, 2.75) is 24.5 Å². The van der Waals surface area contributed by atoms with E-state index in [9.17, 15) is 0 Å². The summed E-state index contributed by atoms with van der Waals surface area (Å²) in [4.78, 5) is 12.8. The molecule has 2 aliphatic heterocycles. The number of nitrogens with one attached hydrogen (secondary N) is 1. The maximum atomic E-state index is 5.88. The van der Waals surface area contributed by atoms with E-state index in [2.05, 4.69) is 49.1 Å². The molecule has 6 heteroatoms. The zero-order valence-electron chi connectivity index (χ0n) is 11.3. The van der Waals surface area contributed by atoms with E-state index in [4.69, 9.17) is 5.73 Å². The van der Waals surface area contributed by atoms with E-state index in [0.717, 1.165) is 12.1 Å². The van der Waals surface area contributed by atoms with Crippen molar-refractivity contribution in [1.29, 1.82) is 0 Å². The number of imidazole rings is 1. The van der Waals surface area contributed by atoms with Crippen molar-refractivity contribution in [2.24, 2.45) is 0 Å². The lowest BCUT2D eigenvalue weighted by atomic mass is 9.88. The molecule has 1 saturated heterocycles.